The summed E-state index contributed by atoms with van der Waals surface area (Å²) in [6.07, 6.45) is 7.54. The van der Waals surface area contributed by atoms with Crippen LogP contribution in [0.1, 0.15) is 73.6 Å². The molecule has 146 valence electrons. The van der Waals surface area contributed by atoms with Gasteiger partial charge in [-0.25, -0.2) is 13.2 Å². The summed E-state index contributed by atoms with van der Waals surface area (Å²) in [6, 6.07) is 9.04. The minimum atomic E-state index is -0.718. The molecule has 0 aromatic heterocycles. The topological polar surface area (TPSA) is 0 Å². The molecule has 0 saturated heterocycles. The van der Waals surface area contributed by atoms with Crippen LogP contribution in [0.4, 0.5) is 13.2 Å². The first kappa shape index (κ1) is 20.0. The van der Waals surface area contributed by atoms with Crippen molar-refractivity contribution < 1.29 is 13.2 Å². The summed E-state index contributed by atoms with van der Waals surface area (Å²) >= 11 is 0. The maximum atomic E-state index is 14.3. The Hall–Kier alpha value is -1.77. The van der Waals surface area contributed by atoms with Crippen molar-refractivity contribution in [2.24, 2.45) is 5.92 Å². The van der Waals surface area contributed by atoms with Crippen LogP contribution in [-0.2, 0) is 12.8 Å². The van der Waals surface area contributed by atoms with Crippen molar-refractivity contribution in [3.05, 3.63) is 70.0 Å². The van der Waals surface area contributed by atoms with Crippen LogP contribution in [0.3, 0.4) is 0 Å². The fourth-order valence-electron chi connectivity index (χ4n) is 4.34. The molecule has 3 heteroatoms. The Labute approximate surface area is 160 Å². The molecule has 0 atom stereocenters. The van der Waals surface area contributed by atoms with Gasteiger partial charge in [0, 0.05) is 0 Å². The van der Waals surface area contributed by atoms with Gasteiger partial charge >= 0.3 is 0 Å². The molecule has 2 aromatic rings. The van der Waals surface area contributed by atoms with E-state index in [1.54, 1.807) is 25.1 Å². The number of rotatable bonds is 6. The summed E-state index contributed by atoms with van der Waals surface area (Å²) in [4.78, 5) is 0. The molecule has 1 saturated carbocycles. The second-order valence-electron chi connectivity index (χ2n) is 7.99. The molecule has 1 aliphatic rings. The Kier molecular flexibility index (Phi) is 6.62. The van der Waals surface area contributed by atoms with Gasteiger partial charge in [-0.05, 0) is 92.0 Å². The Morgan fingerprint density at radius 1 is 0.926 bits per heavy atom. The van der Waals surface area contributed by atoms with Crippen LogP contribution in [0.2, 0.25) is 0 Å². The molecule has 1 aliphatic carbocycles. The Morgan fingerprint density at radius 3 is 2.33 bits per heavy atom. The van der Waals surface area contributed by atoms with Crippen LogP contribution in [-0.4, -0.2) is 0 Å². The smallest absolute Gasteiger partial charge is 0.162 e. The van der Waals surface area contributed by atoms with Gasteiger partial charge in [-0.3, -0.25) is 0 Å². The Bertz CT molecular complexity index is 773. The van der Waals surface area contributed by atoms with Gasteiger partial charge in [0.05, 0.1) is 0 Å². The quantitative estimate of drug-likeness (QED) is 0.499. The van der Waals surface area contributed by atoms with E-state index in [4.69, 9.17) is 0 Å². The minimum Gasteiger partial charge on any atom is -0.207 e. The third-order valence-corrected chi connectivity index (χ3v) is 6.17. The van der Waals surface area contributed by atoms with Gasteiger partial charge in [-0.2, -0.15) is 0 Å². The highest BCUT2D eigenvalue weighted by molar-refractivity contribution is 5.28. The first-order chi connectivity index (χ1) is 13.0. The Morgan fingerprint density at radius 2 is 1.67 bits per heavy atom. The van der Waals surface area contributed by atoms with Crippen molar-refractivity contribution in [3.63, 3.8) is 0 Å². The van der Waals surface area contributed by atoms with Crippen molar-refractivity contribution >= 4 is 0 Å². The number of hydrogen-bond donors (Lipinski definition) is 0. The molecular formula is C24H29F3. The van der Waals surface area contributed by atoms with E-state index in [0.29, 0.717) is 29.4 Å². The fourth-order valence-corrected chi connectivity index (χ4v) is 4.34. The normalized spacial score (nSPS) is 20.0. The van der Waals surface area contributed by atoms with Crippen molar-refractivity contribution in [1.82, 2.24) is 0 Å². The van der Waals surface area contributed by atoms with E-state index in [9.17, 15) is 13.2 Å². The Balaban J connectivity index is 1.48. The van der Waals surface area contributed by atoms with Gasteiger partial charge in [0.25, 0.3) is 0 Å². The highest BCUT2D eigenvalue weighted by Gasteiger charge is 2.24. The number of benzene rings is 2. The predicted octanol–water partition coefficient (Wildman–Crippen LogP) is 7.27. The van der Waals surface area contributed by atoms with Gasteiger partial charge in [-0.15, -0.1) is 0 Å². The number of hydrogen-bond acceptors (Lipinski definition) is 0. The molecule has 0 N–H and O–H groups in total. The van der Waals surface area contributed by atoms with E-state index in [0.717, 1.165) is 56.1 Å². The van der Waals surface area contributed by atoms with E-state index in [2.05, 4.69) is 0 Å². The minimum absolute atomic E-state index is 0.0605. The van der Waals surface area contributed by atoms with Crippen LogP contribution >= 0.6 is 0 Å². The lowest BCUT2D eigenvalue weighted by atomic mass is 9.76. The second-order valence-corrected chi connectivity index (χ2v) is 7.99. The van der Waals surface area contributed by atoms with E-state index < -0.39 is 11.6 Å². The highest BCUT2D eigenvalue weighted by Crippen LogP contribution is 2.38. The van der Waals surface area contributed by atoms with Crippen molar-refractivity contribution in [2.45, 2.75) is 71.1 Å². The first-order valence-corrected chi connectivity index (χ1v) is 10.2. The molecule has 0 radical (unpaired) electrons. The molecule has 0 heterocycles. The standard InChI is InChI=1S/C24H29F3/c1-3-17-10-14-21(22(25)15-17)19-12-8-18(9-13-19)5-4-6-20-11-7-16(2)23(26)24(20)27/h7,10-11,14-15,18-19H,3-6,8-9,12-13H2,1-2H3. The monoisotopic (exact) mass is 374 g/mol. The number of halogens is 3. The van der Waals surface area contributed by atoms with Crippen LogP contribution in [0.5, 0.6) is 0 Å². The lowest BCUT2D eigenvalue weighted by molar-refractivity contribution is 0.301. The number of aryl methyl sites for hydroxylation is 3. The maximum absolute atomic E-state index is 14.3. The molecular weight excluding hydrogens is 345 g/mol. The zero-order valence-corrected chi connectivity index (χ0v) is 16.3. The average Bonchev–Trinajstić information content (AvgIpc) is 2.68. The van der Waals surface area contributed by atoms with Gasteiger partial charge < -0.3 is 0 Å². The molecule has 0 aliphatic heterocycles. The molecule has 0 bridgehead atoms. The highest BCUT2D eigenvalue weighted by atomic mass is 19.2. The van der Waals surface area contributed by atoms with E-state index in [1.807, 2.05) is 19.1 Å². The van der Waals surface area contributed by atoms with Gasteiger partial charge in [0.15, 0.2) is 11.6 Å². The summed E-state index contributed by atoms with van der Waals surface area (Å²) < 4.78 is 41.9. The summed E-state index contributed by atoms with van der Waals surface area (Å²) in [5.74, 6) is -0.545. The third kappa shape index (κ3) is 4.75. The summed E-state index contributed by atoms with van der Waals surface area (Å²) in [6.45, 7) is 3.62. The predicted molar refractivity (Wildman–Crippen MR) is 105 cm³/mol. The van der Waals surface area contributed by atoms with Crippen molar-refractivity contribution in [3.8, 4) is 0 Å². The van der Waals surface area contributed by atoms with Crippen LogP contribution in [0, 0.1) is 30.3 Å². The molecule has 0 unspecified atom stereocenters. The largest absolute Gasteiger partial charge is 0.207 e. The zero-order chi connectivity index (χ0) is 19.4. The van der Waals surface area contributed by atoms with Gasteiger partial charge in [0.1, 0.15) is 5.82 Å². The molecule has 3 rings (SSSR count). The summed E-state index contributed by atoms with van der Waals surface area (Å²) in [5, 5.41) is 0. The second kappa shape index (κ2) is 8.95. The maximum Gasteiger partial charge on any atom is 0.162 e. The summed E-state index contributed by atoms with van der Waals surface area (Å²) in [5.41, 5.74) is 2.74. The van der Waals surface area contributed by atoms with E-state index in [1.165, 1.54) is 0 Å². The van der Waals surface area contributed by atoms with Gasteiger partial charge in [-0.1, -0.05) is 37.6 Å². The summed E-state index contributed by atoms with van der Waals surface area (Å²) in [7, 11) is 0. The zero-order valence-electron chi connectivity index (χ0n) is 16.3. The van der Waals surface area contributed by atoms with Crippen molar-refractivity contribution in [1.29, 1.82) is 0 Å². The lowest BCUT2D eigenvalue weighted by Crippen LogP contribution is -2.14. The molecule has 0 amide bonds. The molecule has 27 heavy (non-hydrogen) atoms. The molecule has 0 nitrogen and oxygen atoms in total. The SMILES string of the molecule is CCc1ccc(C2CCC(CCCc3ccc(C)c(F)c3F)CC2)c(F)c1. The molecule has 2 aromatic carbocycles. The first-order valence-electron chi connectivity index (χ1n) is 10.2. The average molecular weight is 374 g/mol. The van der Waals surface area contributed by atoms with Crippen LogP contribution in [0.25, 0.3) is 0 Å². The lowest BCUT2D eigenvalue weighted by Gasteiger charge is -2.29. The molecule has 0 spiro atoms. The van der Waals surface area contributed by atoms with E-state index >= 15 is 0 Å². The fraction of sp³-hybridized carbons (Fsp3) is 0.500. The third-order valence-electron chi connectivity index (χ3n) is 6.17. The van der Waals surface area contributed by atoms with Crippen LogP contribution < -0.4 is 0 Å². The van der Waals surface area contributed by atoms with Crippen LogP contribution in [0.15, 0.2) is 30.3 Å². The molecule has 1 fully saturated rings. The van der Waals surface area contributed by atoms with Crippen molar-refractivity contribution in [2.75, 3.05) is 0 Å². The van der Waals surface area contributed by atoms with E-state index in [-0.39, 0.29) is 5.82 Å². The van der Waals surface area contributed by atoms with Gasteiger partial charge in [0.2, 0.25) is 0 Å².